The highest BCUT2D eigenvalue weighted by molar-refractivity contribution is 8.00. The van der Waals surface area contributed by atoms with Crippen molar-refractivity contribution in [2.75, 3.05) is 12.4 Å². The van der Waals surface area contributed by atoms with Gasteiger partial charge in [0.05, 0.1) is 23.7 Å². The van der Waals surface area contributed by atoms with Gasteiger partial charge in [-0.25, -0.2) is 0 Å². The summed E-state index contributed by atoms with van der Waals surface area (Å²) in [7, 11) is 0. The van der Waals surface area contributed by atoms with Gasteiger partial charge in [0.1, 0.15) is 23.9 Å². The molecule has 3 rings (SSSR count). The van der Waals surface area contributed by atoms with Crippen LogP contribution in [-0.4, -0.2) is 68.2 Å². The van der Waals surface area contributed by atoms with Crippen molar-refractivity contribution in [3.63, 3.8) is 0 Å². The topological polar surface area (TPSA) is 149 Å². The molecule has 35 heavy (non-hydrogen) atoms. The number of thioether (sulfide) groups is 1. The number of carbonyl (C=O) groups is 3. The highest BCUT2D eigenvalue weighted by Crippen LogP contribution is 2.39. The quantitative estimate of drug-likeness (QED) is 0.461. The van der Waals surface area contributed by atoms with Gasteiger partial charge in [0.15, 0.2) is 6.10 Å². The third-order valence-electron chi connectivity index (χ3n) is 5.93. The summed E-state index contributed by atoms with van der Waals surface area (Å²) in [4.78, 5) is 40.6. The molecule has 3 amide bonds. The number of aliphatic hydroxyl groups excluding tert-OH is 1. The van der Waals surface area contributed by atoms with Crippen LogP contribution in [-0.2, 0) is 16.0 Å². The highest BCUT2D eigenvalue weighted by Gasteiger charge is 2.49. The lowest BCUT2D eigenvalue weighted by Crippen LogP contribution is -2.58. The van der Waals surface area contributed by atoms with Crippen LogP contribution in [0, 0.1) is 25.2 Å². The number of rotatable bonds is 8. The summed E-state index contributed by atoms with van der Waals surface area (Å²) in [6.07, 6.45) is -1.45. The average molecular weight is 500 g/mol. The number of nitrogens with zero attached hydrogens (tertiary/aromatic N) is 3. The minimum absolute atomic E-state index is 0.179. The van der Waals surface area contributed by atoms with Gasteiger partial charge in [0, 0.05) is 4.75 Å². The first-order valence-electron chi connectivity index (χ1n) is 11.1. The van der Waals surface area contributed by atoms with Crippen molar-refractivity contribution in [3.05, 3.63) is 52.9 Å². The Kier molecular flexibility index (Phi) is 8.19. The van der Waals surface area contributed by atoms with Crippen LogP contribution in [0.3, 0.4) is 0 Å². The van der Waals surface area contributed by atoms with Gasteiger partial charge in [-0.15, -0.1) is 11.8 Å². The fourth-order valence-electron chi connectivity index (χ4n) is 4.14. The second-order valence-electron chi connectivity index (χ2n) is 8.88. The molecule has 3 atom stereocenters. The van der Waals surface area contributed by atoms with Crippen LogP contribution in [0.4, 0.5) is 0 Å². The molecule has 3 unspecified atom stereocenters. The number of hydrogen-bond acceptors (Lipinski definition) is 8. The zero-order valence-electron chi connectivity index (χ0n) is 20.1. The van der Waals surface area contributed by atoms with E-state index in [1.807, 2.05) is 50.2 Å². The summed E-state index contributed by atoms with van der Waals surface area (Å²) >= 11 is 1.40. The van der Waals surface area contributed by atoms with E-state index in [-0.39, 0.29) is 24.4 Å². The van der Waals surface area contributed by atoms with Gasteiger partial charge >= 0.3 is 0 Å². The number of hydrogen-bond donors (Lipinski definition) is 3. The third-order valence-corrected chi connectivity index (χ3v) is 7.30. The van der Waals surface area contributed by atoms with Gasteiger partial charge in [0.25, 0.3) is 11.8 Å². The molecule has 0 radical (unpaired) electrons. The Bertz CT molecular complexity index is 1110. The van der Waals surface area contributed by atoms with Crippen molar-refractivity contribution in [1.29, 1.82) is 5.26 Å². The predicted octanol–water partition coefficient (Wildman–Crippen LogP) is 1.31. The van der Waals surface area contributed by atoms with Gasteiger partial charge in [-0.3, -0.25) is 14.4 Å². The Morgan fingerprint density at radius 2 is 2.00 bits per heavy atom. The van der Waals surface area contributed by atoms with E-state index < -0.39 is 40.7 Å². The van der Waals surface area contributed by atoms with E-state index in [9.17, 15) is 19.5 Å². The summed E-state index contributed by atoms with van der Waals surface area (Å²) in [5.41, 5.74) is 1.45. The molecule has 2 aromatic rings. The molecule has 0 saturated carbocycles. The first-order valence-corrected chi connectivity index (χ1v) is 12.1. The second-order valence-corrected chi connectivity index (χ2v) is 10.5. The van der Waals surface area contributed by atoms with Crippen molar-refractivity contribution in [2.45, 2.75) is 57.1 Å². The lowest BCUT2D eigenvalue weighted by molar-refractivity contribution is -0.147. The monoisotopic (exact) mass is 499 g/mol. The Balaban J connectivity index is 1.87. The summed E-state index contributed by atoms with van der Waals surface area (Å²) in [5.74, 6) is -1.16. The van der Waals surface area contributed by atoms with Crippen molar-refractivity contribution < 1.29 is 24.0 Å². The lowest BCUT2D eigenvalue weighted by atomic mass is 9.97. The van der Waals surface area contributed by atoms with E-state index in [2.05, 4.69) is 15.8 Å². The fraction of sp³-hybridized carbons (Fsp3) is 0.458. The van der Waals surface area contributed by atoms with Crippen LogP contribution in [0.2, 0.25) is 0 Å². The number of aliphatic hydroxyl groups is 1. The molecular formula is C24H29N5O5S. The number of amides is 3. The second kappa shape index (κ2) is 10.9. The van der Waals surface area contributed by atoms with E-state index in [0.717, 1.165) is 5.56 Å². The molecule has 3 N–H and O–H groups in total. The van der Waals surface area contributed by atoms with Crippen LogP contribution in [0.1, 0.15) is 41.2 Å². The van der Waals surface area contributed by atoms with Crippen LogP contribution in [0.15, 0.2) is 34.9 Å². The molecular weight excluding hydrogens is 470 g/mol. The van der Waals surface area contributed by atoms with Gasteiger partial charge in [0.2, 0.25) is 5.91 Å². The maximum Gasteiger partial charge on any atom is 0.257 e. The minimum atomic E-state index is -1.62. The number of nitrogens with one attached hydrogen (secondary N) is 2. The Hall–Kier alpha value is -3.36. The number of benzene rings is 1. The first kappa shape index (κ1) is 26.2. The Morgan fingerprint density at radius 3 is 2.60 bits per heavy atom. The van der Waals surface area contributed by atoms with E-state index in [1.54, 1.807) is 13.8 Å². The zero-order chi connectivity index (χ0) is 25.8. The molecule has 186 valence electrons. The molecule has 0 bridgehead atoms. The maximum absolute atomic E-state index is 13.5. The Labute approximate surface area is 208 Å². The van der Waals surface area contributed by atoms with Crippen molar-refractivity contribution >= 4 is 29.5 Å². The molecule has 10 nitrogen and oxygen atoms in total. The molecule has 1 aliphatic rings. The first-order chi connectivity index (χ1) is 16.6. The number of aromatic nitrogens is 1. The van der Waals surface area contributed by atoms with E-state index in [1.165, 1.54) is 16.7 Å². The Morgan fingerprint density at radius 1 is 1.31 bits per heavy atom. The zero-order valence-corrected chi connectivity index (χ0v) is 20.9. The number of carbonyl (C=O) groups excluding carboxylic acids is 3. The molecule has 1 aliphatic heterocycles. The third kappa shape index (κ3) is 5.83. The molecule has 1 saturated heterocycles. The van der Waals surface area contributed by atoms with Gasteiger partial charge < -0.3 is 25.2 Å². The summed E-state index contributed by atoms with van der Waals surface area (Å²) < 4.78 is 4.45. The molecule has 11 heteroatoms. The number of nitriles is 1. The van der Waals surface area contributed by atoms with Gasteiger partial charge in [-0.2, -0.15) is 5.26 Å². The molecule has 1 aromatic heterocycles. The van der Waals surface area contributed by atoms with Gasteiger partial charge in [-0.05, 0) is 39.7 Å². The molecule has 1 fully saturated rings. The fourth-order valence-corrected chi connectivity index (χ4v) is 5.28. The summed E-state index contributed by atoms with van der Waals surface area (Å²) in [5, 5.41) is 29.1. The van der Waals surface area contributed by atoms with Crippen LogP contribution in [0.25, 0.3) is 0 Å². The van der Waals surface area contributed by atoms with Crippen LogP contribution in [0.5, 0.6) is 0 Å². The smallest absolute Gasteiger partial charge is 0.257 e. The van der Waals surface area contributed by atoms with Crippen LogP contribution >= 0.6 is 11.8 Å². The predicted molar refractivity (Wildman–Crippen MR) is 129 cm³/mol. The standard InChI is InChI=1S/C24H29N5O5S/c1-14-18(15(2)34-28-14)21(31)27-17(12-16-8-6-5-7-9-16)19(30)23(33)29-13-35-24(3,4)20(29)22(32)26-11-10-25/h5-9,17,19-20,30H,11-13H2,1-4H3,(H,26,32)(H,27,31). The van der Waals surface area contributed by atoms with E-state index in [0.29, 0.717) is 11.5 Å². The van der Waals surface area contributed by atoms with Crippen LogP contribution < -0.4 is 10.6 Å². The van der Waals surface area contributed by atoms with Crippen molar-refractivity contribution in [2.24, 2.45) is 0 Å². The summed E-state index contributed by atoms with van der Waals surface area (Å²) in [6.45, 7) is 6.71. The lowest BCUT2D eigenvalue weighted by Gasteiger charge is -2.33. The maximum atomic E-state index is 13.5. The number of aryl methyl sites for hydroxylation is 2. The molecule has 0 spiro atoms. The summed E-state index contributed by atoms with van der Waals surface area (Å²) in [6, 6.07) is 9.14. The van der Waals surface area contributed by atoms with Crippen molar-refractivity contribution in [1.82, 2.24) is 20.7 Å². The average Bonchev–Trinajstić information content (AvgIpc) is 3.33. The normalized spacial score (nSPS) is 18.4. The molecule has 1 aromatic carbocycles. The van der Waals surface area contributed by atoms with Gasteiger partial charge in [-0.1, -0.05) is 35.5 Å². The van der Waals surface area contributed by atoms with Crippen molar-refractivity contribution in [3.8, 4) is 6.07 Å². The van der Waals surface area contributed by atoms with E-state index in [4.69, 9.17) is 9.78 Å². The largest absolute Gasteiger partial charge is 0.381 e. The molecule has 2 heterocycles. The minimum Gasteiger partial charge on any atom is -0.381 e. The highest BCUT2D eigenvalue weighted by atomic mass is 32.2. The molecule has 0 aliphatic carbocycles. The SMILES string of the molecule is Cc1noc(C)c1C(=O)NC(Cc1ccccc1)C(O)C(=O)N1CSC(C)(C)C1C(=O)NCC#N. The van der Waals surface area contributed by atoms with E-state index >= 15 is 0 Å².